The van der Waals surface area contributed by atoms with Crippen molar-refractivity contribution in [3.8, 4) is 0 Å². The first-order valence-corrected chi connectivity index (χ1v) is 9.97. The molecule has 0 heterocycles. The van der Waals surface area contributed by atoms with Crippen molar-refractivity contribution in [1.29, 1.82) is 0 Å². The van der Waals surface area contributed by atoms with Crippen LogP contribution >= 0.6 is 11.8 Å². The number of hydrogen-bond donors (Lipinski definition) is 1. The molecule has 0 unspecified atom stereocenters. The summed E-state index contributed by atoms with van der Waals surface area (Å²) in [6.45, 7) is 1.94. The number of benzene rings is 1. The van der Waals surface area contributed by atoms with Gasteiger partial charge in [-0.3, -0.25) is 9.48 Å². The lowest BCUT2D eigenvalue weighted by Gasteiger charge is -2.10. The molecule has 1 N–H and O–H groups in total. The fourth-order valence-electron chi connectivity index (χ4n) is 1.93. The van der Waals surface area contributed by atoms with Crippen molar-refractivity contribution in [1.82, 2.24) is 4.90 Å². The van der Waals surface area contributed by atoms with Crippen molar-refractivity contribution in [2.75, 3.05) is 28.2 Å². The molecule has 20 heavy (non-hydrogen) atoms. The summed E-state index contributed by atoms with van der Waals surface area (Å²) >= 11 is 1.85. The molecule has 111 valence electrons. The van der Waals surface area contributed by atoms with Gasteiger partial charge in [0, 0.05) is 5.75 Å². The van der Waals surface area contributed by atoms with Gasteiger partial charge in [-0.25, -0.2) is 0 Å². The minimum atomic E-state index is -1.10. The summed E-state index contributed by atoms with van der Waals surface area (Å²) < 4.78 is 2.14. The highest BCUT2D eigenvalue weighted by atomic mass is 32.2. The molecule has 0 bridgehead atoms. The highest BCUT2D eigenvalue weighted by Gasteiger charge is 2.12. The zero-order chi connectivity index (χ0) is 15.1. The van der Waals surface area contributed by atoms with E-state index in [2.05, 4.69) is 61.9 Å². The molecule has 0 aliphatic rings. The van der Waals surface area contributed by atoms with E-state index in [0.29, 0.717) is 0 Å². The molecule has 0 aliphatic heterocycles. The Morgan fingerprint density at radius 3 is 2.20 bits per heavy atom. The van der Waals surface area contributed by atoms with Gasteiger partial charge in [0.05, 0.1) is 28.2 Å². The van der Waals surface area contributed by atoms with E-state index < -0.39 is 9.04 Å². The molecule has 0 fully saturated rings. The Bertz CT molecular complexity index is 440. The molecule has 5 heteroatoms. The zero-order valence-electron chi connectivity index (χ0n) is 13.2. The Hall–Kier alpha value is -0.783. The lowest BCUT2D eigenvalue weighted by Crippen LogP contribution is -2.26. The molecular weight excluding hydrogens is 284 g/mol. The Labute approximate surface area is 129 Å². The van der Waals surface area contributed by atoms with E-state index in [1.54, 1.807) is 0 Å². The molecule has 0 amide bonds. The van der Waals surface area contributed by atoms with Crippen LogP contribution in [-0.4, -0.2) is 56.7 Å². The highest BCUT2D eigenvalue weighted by molar-refractivity contribution is 8.12. The third kappa shape index (κ3) is 6.11. The van der Waals surface area contributed by atoms with Gasteiger partial charge in [-0.05, 0) is 41.9 Å². The van der Waals surface area contributed by atoms with Crippen LogP contribution < -0.4 is 0 Å². The minimum Gasteiger partial charge on any atom is -0.432 e. The van der Waals surface area contributed by atoms with Crippen LogP contribution in [0, 0.1) is 0 Å². The van der Waals surface area contributed by atoms with Crippen molar-refractivity contribution in [2.45, 2.75) is 24.8 Å². The van der Waals surface area contributed by atoms with Gasteiger partial charge in [-0.1, -0.05) is 24.3 Å². The van der Waals surface area contributed by atoms with Crippen LogP contribution in [0.4, 0.5) is 0 Å². The molecular formula is C15H26N2OSSi+. The minimum absolute atomic E-state index is 0.929. The Morgan fingerprint density at radius 2 is 1.75 bits per heavy atom. The molecule has 0 saturated carbocycles. The predicted molar refractivity (Wildman–Crippen MR) is 90.9 cm³/mol. The van der Waals surface area contributed by atoms with Crippen LogP contribution in [0.2, 0.25) is 12.6 Å². The highest BCUT2D eigenvalue weighted by Crippen LogP contribution is 2.16. The quantitative estimate of drug-likeness (QED) is 0.391. The van der Waals surface area contributed by atoms with E-state index in [0.717, 1.165) is 18.2 Å². The number of nitrogens with zero attached hydrogens (tertiary/aromatic N) is 2. The number of hydrogen-bond acceptors (Lipinski definition) is 2. The van der Waals surface area contributed by atoms with Crippen LogP contribution in [0.5, 0.6) is 0 Å². The fourth-order valence-corrected chi connectivity index (χ4v) is 3.59. The average molecular weight is 311 g/mol. The largest absolute Gasteiger partial charge is 0.432 e. The Balaban J connectivity index is 2.55. The third-order valence-electron chi connectivity index (χ3n) is 2.93. The third-order valence-corrected chi connectivity index (χ3v) is 5.37. The van der Waals surface area contributed by atoms with Crippen LogP contribution in [0.15, 0.2) is 24.3 Å². The molecule has 0 saturated heterocycles. The van der Waals surface area contributed by atoms with Crippen molar-refractivity contribution in [2.24, 2.45) is 0 Å². The van der Waals surface area contributed by atoms with Crippen molar-refractivity contribution in [3.05, 3.63) is 35.4 Å². The summed E-state index contributed by atoms with van der Waals surface area (Å²) in [6.07, 6.45) is 0.988. The SMILES string of the molecule is CN(C)C(SCc1ccc(CC[Si](C)O)cc1)=[N+](C)C. The van der Waals surface area contributed by atoms with E-state index in [4.69, 9.17) is 0 Å². The lowest BCUT2D eigenvalue weighted by molar-refractivity contribution is -0.466. The molecule has 0 aliphatic carbocycles. The Morgan fingerprint density at radius 1 is 1.20 bits per heavy atom. The summed E-state index contributed by atoms with van der Waals surface area (Å²) in [5.41, 5.74) is 2.66. The summed E-state index contributed by atoms with van der Waals surface area (Å²) in [7, 11) is 7.19. The van der Waals surface area contributed by atoms with Gasteiger partial charge in [0.25, 0.3) is 0 Å². The zero-order valence-corrected chi connectivity index (χ0v) is 15.0. The maximum Gasteiger partial charge on any atom is 0.307 e. The van der Waals surface area contributed by atoms with Gasteiger partial charge in [-0.15, -0.1) is 0 Å². The number of aryl methyl sites for hydroxylation is 1. The molecule has 1 radical (unpaired) electrons. The summed E-state index contributed by atoms with van der Waals surface area (Å²) in [5.74, 6) is 0.981. The maximum absolute atomic E-state index is 9.40. The lowest BCUT2D eigenvalue weighted by atomic mass is 10.1. The monoisotopic (exact) mass is 310 g/mol. The molecule has 0 spiro atoms. The van der Waals surface area contributed by atoms with Gasteiger partial charge in [-0.2, -0.15) is 0 Å². The van der Waals surface area contributed by atoms with Gasteiger partial charge < -0.3 is 4.80 Å². The van der Waals surface area contributed by atoms with Crippen molar-refractivity contribution in [3.63, 3.8) is 0 Å². The molecule has 0 atom stereocenters. The van der Waals surface area contributed by atoms with Gasteiger partial charge >= 0.3 is 5.17 Å². The summed E-state index contributed by atoms with van der Waals surface area (Å²) in [6, 6.07) is 9.70. The standard InChI is InChI=1S/C15H26N2OSSi/c1-16(2)15(17(3)4)19-12-14-8-6-13(7-9-14)10-11-20(5)18/h6-9,18H,10-12H2,1-5H3/q+1. The fraction of sp³-hybridized carbons (Fsp3) is 0.533. The summed E-state index contributed by atoms with van der Waals surface area (Å²) in [5, 5.41) is 1.26. The van der Waals surface area contributed by atoms with Crippen molar-refractivity contribution < 1.29 is 9.37 Å². The second-order valence-electron chi connectivity index (χ2n) is 5.41. The van der Waals surface area contributed by atoms with E-state index >= 15 is 0 Å². The number of rotatable bonds is 5. The average Bonchev–Trinajstić information content (AvgIpc) is 2.37. The van der Waals surface area contributed by atoms with Gasteiger partial charge in [0.1, 0.15) is 0 Å². The maximum atomic E-state index is 9.40. The molecule has 1 aromatic carbocycles. The van der Waals surface area contributed by atoms with Crippen LogP contribution in [0.1, 0.15) is 11.1 Å². The topological polar surface area (TPSA) is 26.5 Å². The van der Waals surface area contributed by atoms with E-state index in [1.165, 1.54) is 16.3 Å². The van der Waals surface area contributed by atoms with E-state index in [-0.39, 0.29) is 0 Å². The van der Waals surface area contributed by atoms with E-state index in [9.17, 15) is 4.80 Å². The first-order valence-electron chi connectivity index (χ1n) is 6.83. The molecule has 1 rings (SSSR count). The normalized spacial score (nSPS) is 10.8. The summed E-state index contributed by atoms with van der Waals surface area (Å²) in [4.78, 5) is 11.5. The van der Waals surface area contributed by atoms with Crippen molar-refractivity contribution >= 4 is 26.0 Å². The predicted octanol–water partition coefficient (Wildman–Crippen LogP) is 2.27. The van der Waals surface area contributed by atoms with Gasteiger partial charge in [0.2, 0.25) is 9.04 Å². The first kappa shape index (κ1) is 17.3. The molecule has 3 nitrogen and oxygen atoms in total. The smallest absolute Gasteiger partial charge is 0.307 e. The van der Waals surface area contributed by atoms with E-state index in [1.807, 2.05) is 18.3 Å². The number of amidine groups is 1. The van der Waals surface area contributed by atoms with Crippen LogP contribution in [0.25, 0.3) is 0 Å². The molecule has 0 aromatic heterocycles. The van der Waals surface area contributed by atoms with Gasteiger partial charge in [0.15, 0.2) is 0 Å². The number of thioether (sulfide) groups is 1. The Kier molecular flexibility index (Phi) is 7.33. The van der Waals surface area contributed by atoms with Crippen LogP contribution in [0.3, 0.4) is 0 Å². The first-order chi connectivity index (χ1) is 9.40. The second kappa shape index (κ2) is 8.49. The molecule has 1 aromatic rings. The van der Waals surface area contributed by atoms with Crippen LogP contribution in [-0.2, 0) is 12.2 Å². The second-order valence-corrected chi connectivity index (χ2v) is 8.32.